The van der Waals surface area contributed by atoms with Gasteiger partial charge in [0.2, 0.25) is 5.91 Å². The van der Waals surface area contributed by atoms with Crippen molar-refractivity contribution >= 4 is 23.4 Å². The Labute approximate surface area is 241 Å². The molecule has 8 heteroatoms. The van der Waals surface area contributed by atoms with Crippen LogP contribution >= 0.6 is 0 Å². The molecule has 5 nitrogen and oxygen atoms in total. The number of hydrogen-bond donors (Lipinski definition) is 1. The van der Waals surface area contributed by atoms with Crippen LogP contribution in [-0.4, -0.2) is 42.5 Å². The fraction of sp³-hybridized carbons (Fsp3) is 0.394. The van der Waals surface area contributed by atoms with Gasteiger partial charge in [0.15, 0.2) is 0 Å². The lowest BCUT2D eigenvalue weighted by atomic mass is 9.88. The van der Waals surface area contributed by atoms with E-state index < -0.39 is 11.7 Å². The van der Waals surface area contributed by atoms with Gasteiger partial charge in [-0.15, -0.1) is 0 Å². The van der Waals surface area contributed by atoms with Gasteiger partial charge in [-0.05, 0) is 91.9 Å². The van der Waals surface area contributed by atoms with E-state index in [4.69, 9.17) is 0 Å². The lowest BCUT2D eigenvalue weighted by Gasteiger charge is -2.34. The number of benzene rings is 2. The number of likely N-dealkylation sites (tertiary alicyclic amines) is 1. The number of hydrogen-bond acceptors (Lipinski definition) is 4. The molecule has 0 spiro atoms. The molecule has 2 aromatic carbocycles. The Bertz CT molecular complexity index is 1290. The number of anilines is 2. The molecule has 0 unspecified atom stereocenters. The highest BCUT2D eigenvalue weighted by atomic mass is 19.4. The Morgan fingerprint density at radius 3 is 2.34 bits per heavy atom. The fourth-order valence-electron chi connectivity index (χ4n) is 5.11. The first-order chi connectivity index (χ1) is 19.6. The summed E-state index contributed by atoms with van der Waals surface area (Å²) in [6.45, 7) is 7.50. The summed E-state index contributed by atoms with van der Waals surface area (Å²) in [5.41, 5.74) is 3.50. The first kappa shape index (κ1) is 30.3. The maximum Gasteiger partial charge on any atom is 0.416 e. The van der Waals surface area contributed by atoms with Gasteiger partial charge in [0.05, 0.1) is 5.56 Å². The molecule has 1 atom stereocenters. The highest BCUT2D eigenvalue weighted by Gasteiger charge is 2.30. The number of amides is 1. The zero-order valence-electron chi connectivity index (χ0n) is 24.0. The van der Waals surface area contributed by atoms with Crippen molar-refractivity contribution in [2.24, 2.45) is 11.8 Å². The molecule has 2 heterocycles. The molecule has 0 radical (unpaired) electrons. The number of carbonyl (C=O) groups is 1. The summed E-state index contributed by atoms with van der Waals surface area (Å²) in [5.74, 6) is 0.421. The first-order valence-corrected chi connectivity index (χ1v) is 14.2. The maximum atomic E-state index is 13.6. The number of nitrogens with zero attached hydrogens (tertiary/aromatic N) is 3. The van der Waals surface area contributed by atoms with Crippen molar-refractivity contribution in [3.05, 3.63) is 95.3 Å². The number of pyridine rings is 1. The molecule has 1 aliphatic rings. The van der Waals surface area contributed by atoms with E-state index in [2.05, 4.69) is 33.9 Å². The van der Waals surface area contributed by atoms with E-state index >= 15 is 0 Å². The van der Waals surface area contributed by atoms with Crippen LogP contribution in [0.25, 0.3) is 6.08 Å². The highest BCUT2D eigenvalue weighted by Crippen LogP contribution is 2.31. The number of aromatic nitrogens is 1. The molecule has 0 aliphatic carbocycles. The molecule has 0 bridgehead atoms. The van der Waals surface area contributed by atoms with Crippen LogP contribution in [0.5, 0.6) is 0 Å². The average Bonchev–Trinajstić information content (AvgIpc) is 2.98. The molecular weight excluding hydrogens is 525 g/mol. The Kier molecular flexibility index (Phi) is 10.2. The number of alkyl halides is 3. The Morgan fingerprint density at radius 2 is 1.71 bits per heavy atom. The highest BCUT2D eigenvalue weighted by molar-refractivity contribution is 5.98. The third-order valence-electron chi connectivity index (χ3n) is 7.62. The quantitative estimate of drug-likeness (QED) is 0.262. The molecule has 41 heavy (non-hydrogen) atoms. The maximum absolute atomic E-state index is 13.6. The van der Waals surface area contributed by atoms with Crippen LogP contribution in [0.3, 0.4) is 0 Å². The Morgan fingerprint density at radius 1 is 1.05 bits per heavy atom. The second kappa shape index (κ2) is 13.8. The van der Waals surface area contributed by atoms with E-state index in [1.54, 1.807) is 18.5 Å². The standard InChI is InChI=1S/C33H39F3N4O/c1-24(2)16-20-40-19-4-5-27(23-40)31(21-25-6-10-28(11-7-25)33(34,35)36)32(41)38-22-26-8-12-29(13-9-26)39(3)30-14-17-37-18-15-30/h6-15,17-18,21,24,27H,4-5,16,19-20,22-23H2,1-3H3,(H,38,41)/t27-/m0/s1. The molecule has 1 aliphatic heterocycles. The predicted octanol–water partition coefficient (Wildman–Crippen LogP) is 7.33. The zero-order valence-corrected chi connectivity index (χ0v) is 24.0. The van der Waals surface area contributed by atoms with Gasteiger partial charge in [-0.2, -0.15) is 13.2 Å². The summed E-state index contributed by atoms with van der Waals surface area (Å²) in [4.78, 5) is 22.1. The van der Waals surface area contributed by atoms with Crippen LogP contribution in [0, 0.1) is 11.8 Å². The normalized spacial score (nSPS) is 16.6. The molecule has 3 aromatic rings. The van der Waals surface area contributed by atoms with E-state index in [0.717, 1.165) is 68.0 Å². The van der Waals surface area contributed by atoms with Crippen molar-refractivity contribution in [2.45, 2.75) is 45.8 Å². The minimum Gasteiger partial charge on any atom is -0.348 e. The van der Waals surface area contributed by atoms with Crippen molar-refractivity contribution in [2.75, 3.05) is 31.6 Å². The summed E-state index contributed by atoms with van der Waals surface area (Å²) < 4.78 is 39.3. The average molecular weight is 565 g/mol. The Balaban J connectivity index is 1.49. The van der Waals surface area contributed by atoms with E-state index in [9.17, 15) is 18.0 Å². The SMILES string of the molecule is CC(C)CCN1CCC[C@H](C(=Cc2ccc(C(F)(F)F)cc2)C(=O)NCc2ccc(N(C)c3ccncc3)cc2)C1. The third kappa shape index (κ3) is 8.67. The minimum absolute atomic E-state index is 0.00888. The third-order valence-corrected chi connectivity index (χ3v) is 7.62. The fourth-order valence-corrected chi connectivity index (χ4v) is 5.11. The monoisotopic (exact) mass is 564 g/mol. The van der Waals surface area contributed by atoms with Gasteiger partial charge >= 0.3 is 6.18 Å². The van der Waals surface area contributed by atoms with Gasteiger partial charge in [0, 0.05) is 55.4 Å². The van der Waals surface area contributed by atoms with Gasteiger partial charge < -0.3 is 15.1 Å². The molecule has 4 rings (SSSR count). The number of nitrogens with one attached hydrogen (secondary N) is 1. The van der Waals surface area contributed by atoms with Crippen molar-refractivity contribution < 1.29 is 18.0 Å². The van der Waals surface area contributed by atoms with E-state index in [1.165, 1.54) is 12.1 Å². The van der Waals surface area contributed by atoms with Crippen LogP contribution < -0.4 is 10.2 Å². The second-order valence-corrected chi connectivity index (χ2v) is 11.2. The van der Waals surface area contributed by atoms with E-state index in [1.807, 2.05) is 43.4 Å². The molecular formula is C33H39F3N4O. The van der Waals surface area contributed by atoms with E-state index in [-0.39, 0.29) is 11.8 Å². The molecule has 1 saturated heterocycles. The first-order valence-electron chi connectivity index (χ1n) is 14.2. The van der Waals surface area contributed by atoms with Crippen molar-refractivity contribution in [1.82, 2.24) is 15.2 Å². The number of halogens is 3. The van der Waals surface area contributed by atoms with Crippen molar-refractivity contribution in [3.8, 4) is 0 Å². The summed E-state index contributed by atoms with van der Waals surface area (Å²) in [5, 5.41) is 3.07. The van der Waals surface area contributed by atoms with Gasteiger partial charge in [0.25, 0.3) is 0 Å². The van der Waals surface area contributed by atoms with Crippen LogP contribution in [0.4, 0.5) is 24.5 Å². The summed E-state index contributed by atoms with van der Waals surface area (Å²) in [6.07, 6.45) is 3.80. The van der Waals surface area contributed by atoms with Gasteiger partial charge in [-0.3, -0.25) is 9.78 Å². The minimum atomic E-state index is -4.40. The molecule has 0 saturated carbocycles. The summed E-state index contributed by atoms with van der Waals surface area (Å²) in [7, 11) is 1.99. The molecule has 1 amide bonds. The summed E-state index contributed by atoms with van der Waals surface area (Å²) in [6, 6.07) is 16.9. The smallest absolute Gasteiger partial charge is 0.348 e. The van der Waals surface area contributed by atoms with Crippen molar-refractivity contribution in [3.63, 3.8) is 0 Å². The molecule has 218 valence electrons. The number of carbonyl (C=O) groups excluding carboxylic acids is 1. The second-order valence-electron chi connectivity index (χ2n) is 11.2. The largest absolute Gasteiger partial charge is 0.416 e. The summed E-state index contributed by atoms with van der Waals surface area (Å²) >= 11 is 0. The molecule has 1 N–H and O–H groups in total. The van der Waals surface area contributed by atoms with Gasteiger partial charge in [0.1, 0.15) is 0 Å². The zero-order chi connectivity index (χ0) is 29.4. The number of piperidine rings is 1. The van der Waals surface area contributed by atoms with Crippen LogP contribution in [-0.2, 0) is 17.5 Å². The van der Waals surface area contributed by atoms with Gasteiger partial charge in [-0.1, -0.05) is 38.1 Å². The van der Waals surface area contributed by atoms with Crippen LogP contribution in [0.2, 0.25) is 0 Å². The van der Waals surface area contributed by atoms with Gasteiger partial charge in [-0.25, -0.2) is 0 Å². The Hall–Kier alpha value is -3.65. The van der Waals surface area contributed by atoms with Crippen LogP contribution in [0.1, 0.15) is 49.8 Å². The van der Waals surface area contributed by atoms with Crippen molar-refractivity contribution in [1.29, 1.82) is 0 Å². The topological polar surface area (TPSA) is 48.5 Å². The van der Waals surface area contributed by atoms with Crippen LogP contribution in [0.15, 0.2) is 78.6 Å². The lowest BCUT2D eigenvalue weighted by Crippen LogP contribution is -2.40. The molecule has 1 aromatic heterocycles. The molecule has 1 fully saturated rings. The lowest BCUT2D eigenvalue weighted by molar-refractivity contribution is -0.137. The predicted molar refractivity (Wildman–Crippen MR) is 159 cm³/mol. The van der Waals surface area contributed by atoms with E-state index in [0.29, 0.717) is 23.6 Å². The number of rotatable bonds is 10.